The molecule has 32 heavy (non-hydrogen) atoms. The van der Waals surface area contributed by atoms with Crippen LogP contribution in [0.4, 0.5) is 5.69 Å². The molecule has 4 aromatic rings. The summed E-state index contributed by atoms with van der Waals surface area (Å²) in [5, 5.41) is 3.42. The first-order chi connectivity index (χ1) is 15.4. The summed E-state index contributed by atoms with van der Waals surface area (Å²) >= 11 is 0. The van der Waals surface area contributed by atoms with Crippen LogP contribution in [0, 0.1) is 0 Å². The molecule has 0 unspecified atom stereocenters. The SMILES string of the molecule is CS(=O)(=O)Cc1c(C(=O)Nc2ccccc2OCCc2ccccc2)oc2ccccc12. The molecule has 6 nitrogen and oxygen atoms in total. The predicted octanol–water partition coefficient (Wildman–Crippen LogP) is 4.85. The summed E-state index contributed by atoms with van der Waals surface area (Å²) in [4.78, 5) is 13.1. The first-order valence-corrected chi connectivity index (χ1v) is 12.2. The molecule has 0 aliphatic carbocycles. The molecule has 7 heteroatoms. The van der Waals surface area contributed by atoms with Gasteiger partial charge in [-0.1, -0.05) is 60.7 Å². The Kier molecular flexibility index (Phi) is 6.28. The van der Waals surface area contributed by atoms with E-state index < -0.39 is 15.7 Å². The number of carbonyl (C=O) groups is 1. The Morgan fingerprint density at radius 1 is 0.938 bits per heavy atom. The van der Waals surface area contributed by atoms with Gasteiger partial charge in [0, 0.05) is 23.6 Å². The monoisotopic (exact) mass is 449 g/mol. The van der Waals surface area contributed by atoms with Crippen LogP contribution in [0.1, 0.15) is 21.7 Å². The Bertz CT molecular complexity index is 1340. The summed E-state index contributed by atoms with van der Waals surface area (Å²) in [6.07, 6.45) is 1.86. The largest absolute Gasteiger partial charge is 0.491 e. The third kappa shape index (κ3) is 5.18. The highest BCUT2D eigenvalue weighted by molar-refractivity contribution is 7.89. The zero-order valence-electron chi connectivity index (χ0n) is 17.6. The Morgan fingerprint density at radius 2 is 1.62 bits per heavy atom. The van der Waals surface area contributed by atoms with Gasteiger partial charge in [-0.05, 0) is 23.8 Å². The lowest BCUT2D eigenvalue weighted by Gasteiger charge is -2.12. The molecule has 0 fully saturated rings. The maximum Gasteiger partial charge on any atom is 0.291 e. The minimum atomic E-state index is -3.38. The Morgan fingerprint density at radius 3 is 2.41 bits per heavy atom. The van der Waals surface area contributed by atoms with Crippen LogP contribution in [0.3, 0.4) is 0 Å². The first-order valence-electron chi connectivity index (χ1n) is 10.2. The van der Waals surface area contributed by atoms with Gasteiger partial charge in [0.2, 0.25) is 0 Å². The van der Waals surface area contributed by atoms with Gasteiger partial charge in [-0.25, -0.2) is 8.42 Å². The zero-order chi connectivity index (χ0) is 22.6. The van der Waals surface area contributed by atoms with Crippen molar-refractivity contribution in [2.24, 2.45) is 0 Å². The van der Waals surface area contributed by atoms with E-state index in [-0.39, 0.29) is 11.5 Å². The van der Waals surface area contributed by atoms with Gasteiger partial charge >= 0.3 is 0 Å². The number of hydrogen-bond acceptors (Lipinski definition) is 5. The van der Waals surface area contributed by atoms with E-state index in [0.29, 0.717) is 34.6 Å². The van der Waals surface area contributed by atoms with Crippen LogP contribution in [-0.4, -0.2) is 27.2 Å². The van der Waals surface area contributed by atoms with Crippen LogP contribution >= 0.6 is 0 Å². The highest BCUT2D eigenvalue weighted by Gasteiger charge is 2.24. The molecule has 0 atom stereocenters. The molecule has 1 N–H and O–H groups in total. The molecule has 0 saturated carbocycles. The molecule has 4 rings (SSSR count). The average molecular weight is 450 g/mol. The second-order valence-electron chi connectivity index (χ2n) is 7.51. The standard InChI is InChI=1S/C25H23NO5S/c1-32(28,29)17-20-19-11-5-7-13-22(19)31-24(20)25(27)26-21-12-6-8-14-23(21)30-16-15-18-9-3-2-4-10-18/h2-14H,15-17H2,1H3,(H,26,27). The second-order valence-corrected chi connectivity index (χ2v) is 9.65. The fourth-order valence-electron chi connectivity index (χ4n) is 3.49. The smallest absolute Gasteiger partial charge is 0.291 e. The van der Waals surface area contributed by atoms with Gasteiger partial charge < -0.3 is 14.5 Å². The number of anilines is 1. The quantitative estimate of drug-likeness (QED) is 0.416. The lowest BCUT2D eigenvalue weighted by molar-refractivity contribution is 0.0997. The first kappa shape index (κ1) is 21.6. The molecule has 0 bridgehead atoms. The van der Waals surface area contributed by atoms with Crippen molar-refractivity contribution in [3.05, 3.63) is 95.7 Å². The van der Waals surface area contributed by atoms with Crippen molar-refractivity contribution in [3.8, 4) is 5.75 Å². The minimum absolute atomic E-state index is 0.0179. The van der Waals surface area contributed by atoms with Crippen molar-refractivity contribution in [3.63, 3.8) is 0 Å². The summed E-state index contributed by atoms with van der Waals surface area (Å²) < 4.78 is 35.6. The number of furan rings is 1. The van der Waals surface area contributed by atoms with Crippen molar-refractivity contribution in [2.75, 3.05) is 18.2 Å². The average Bonchev–Trinajstić information content (AvgIpc) is 3.13. The number of nitrogens with one attached hydrogen (secondary N) is 1. The topological polar surface area (TPSA) is 85.6 Å². The fourth-order valence-corrected chi connectivity index (χ4v) is 4.30. The van der Waals surface area contributed by atoms with E-state index in [1.165, 1.54) is 0 Å². The van der Waals surface area contributed by atoms with Crippen LogP contribution < -0.4 is 10.1 Å². The number of fused-ring (bicyclic) bond motifs is 1. The van der Waals surface area contributed by atoms with Gasteiger partial charge in [0.25, 0.3) is 5.91 Å². The lowest BCUT2D eigenvalue weighted by atomic mass is 10.1. The van der Waals surface area contributed by atoms with Crippen molar-refractivity contribution in [2.45, 2.75) is 12.2 Å². The van der Waals surface area contributed by atoms with Crippen LogP contribution in [0.25, 0.3) is 11.0 Å². The second kappa shape index (κ2) is 9.28. The molecule has 1 heterocycles. The van der Waals surface area contributed by atoms with Gasteiger partial charge in [0.15, 0.2) is 15.6 Å². The number of rotatable bonds is 8. The molecule has 164 valence electrons. The van der Waals surface area contributed by atoms with Crippen molar-refractivity contribution in [1.82, 2.24) is 0 Å². The maximum absolute atomic E-state index is 13.1. The van der Waals surface area contributed by atoms with E-state index in [0.717, 1.165) is 18.2 Å². The van der Waals surface area contributed by atoms with E-state index in [2.05, 4.69) is 5.32 Å². The summed E-state index contributed by atoms with van der Waals surface area (Å²) in [7, 11) is -3.38. The molecule has 3 aromatic carbocycles. The van der Waals surface area contributed by atoms with Crippen LogP contribution in [0.15, 0.2) is 83.3 Å². The van der Waals surface area contributed by atoms with E-state index in [4.69, 9.17) is 9.15 Å². The normalized spacial score (nSPS) is 11.4. The van der Waals surface area contributed by atoms with Crippen molar-refractivity contribution < 1.29 is 22.4 Å². The van der Waals surface area contributed by atoms with Crippen LogP contribution in [0.2, 0.25) is 0 Å². The number of amides is 1. The van der Waals surface area contributed by atoms with Crippen LogP contribution in [0.5, 0.6) is 5.75 Å². The summed E-state index contributed by atoms with van der Waals surface area (Å²) in [5.41, 5.74) is 2.45. The molecule has 1 amide bonds. The van der Waals surface area contributed by atoms with E-state index in [9.17, 15) is 13.2 Å². The number of ether oxygens (including phenoxy) is 1. The Balaban J connectivity index is 1.56. The maximum atomic E-state index is 13.1. The van der Waals surface area contributed by atoms with E-state index in [1.807, 2.05) is 36.4 Å². The third-order valence-corrected chi connectivity index (χ3v) is 5.75. The molecular weight excluding hydrogens is 426 g/mol. The highest BCUT2D eigenvalue weighted by Crippen LogP contribution is 2.30. The van der Waals surface area contributed by atoms with E-state index in [1.54, 1.807) is 42.5 Å². The molecule has 0 spiro atoms. The molecular formula is C25H23NO5S. The molecule has 0 aliphatic heterocycles. The van der Waals surface area contributed by atoms with Gasteiger partial charge in [-0.2, -0.15) is 0 Å². The van der Waals surface area contributed by atoms with Gasteiger partial charge in [-0.3, -0.25) is 4.79 Å². The number of hydrogen-bond donors (Lipinski definition) is 1. The fraction of sp³-hybridized carbons (Fsp3) is 0.160. The number of para-hydroxylation sites is 3. The number of carbonyl (C=O) groups excluding carboxylic acids is 1. The predicted molar refractivity (Wildman–Crippen MR) is 125 cm³/mol. The summed E-state index contributed by atoms with van der Waals surface area (Å²) in [5.74, 6) is -0.311. The molecule has 0 aliphatic rings. The van der Waals surface area contributed by atoms with Crippen molar-refractivity contribution >= 4 is 32.4 Å². The van der Waals surface area contributed by atoms with Gasteiger partial charge in [0.05, 0.1) is 18.0 Å². The zero-order valence-corrected chi connectivity index (χ0v) is 18.4. The summed E-state index contributed by atoms with van der Waals surface area (Å²) in [6, 6.07) is 24.1. The lowest BCUT2D eigenvalue weighted by Crippen LogP contribution is -2.15. The Labute approximate surface area is 186 Å². The molecule has 0 radical (unpaired) electrons. The van der Waals surface area contributed by atoms with Crippen LogP contribution in [-0.2, 0) is 22.0 Å². The number of sulfone groups is 1. The molecule has 0 saturated heterocycles. The minimum Gasteiger partial charge on any atom is -0.491 e. The van der Waals surface area contributed by atoms with Gasteiger partial charge in [0.1, 0.15) is 11.3 Å². The molecule has 1 aromatic heterocycles. The van der Waals surface area contributed by atoms with Crippen molar-refractivity contribution in [1.29, 1.82) is 0 Å². The van der Waals surface area contributed by atoms with Gasteiger partial charge in [-0.15, -0.1) is 0 Å². The Hall–Kier alpha value is -3.58. The third-order valence-electron chi connectivity index (χ3n) is 4.94. The number of benzene rings is 3. The summed E-state index contributed by atoms with van der Waals surface area (Å²) in [6.45, 7) is 0.445. The van der Waals surface area contributed by atoms with E-state index >= 15 is 0 Å². The highest BCUT2D eigenvalue weighted by atomic mass is 32.2.